The number of nitrogens with one attached hydrogen (secondary N) is 1. The highest BCUT2D eigenvalue weighted by Gasteiger charge is 2.33. The average Bonchev–Trinajstić information content (AvgIpc) is 3.31. The van der Waals surface area contributed by atoms with Gasteiger partial charge in [-0.05, 0) is 12.8 Å². The van der Waals surface area contributed by atoms with Gasteiger partial charge in [-0.25, -0.2) is 4.98 Å². The van der Waals surface area contributed by atoms with Gasteiger partial charge in [-0.1, -0.05) is 0 Å². The number of hydrogen-bond acceptors (Lipinski definition) is 7. The van der Waals surface area contributed by atoms with E-state index in [-0.39, 0.29) is 5.69 Å². The number of rotatable bonds is 4. The summed E-state index contributed by atoms with van der Waals surface area (Å²) >= 11 is 0. The first-order valence-electron chi connectivity index (χ1n) is 6.87. The molecule has 2 heterocycles. The summed E-state index contributed by atoms with van der Waals surface area (Å²) in [4.78, 5) is 23.3. The normalized spacial score (nSPS) is 19.9. The number of piperazine rings is 1. The molecule has 8 nitrogen and oxygen atoms in total. The Morgan fingerprint density at radius 3 is 2.60 bits per heavy atom. The second-order valence-corrected chi connectivity index (χ2v) is 5.16. The van der Waals surface area contributed by atoms with Gasteiger partial charge in [-0.3, -0.25) is 15.0 Å². The zero-order valence-electron chi connectivity index (χ0n) is 11.4. The Hall–Kier alpha value is -1.96. The van der Waals surface area contributed by atoms with E-state index in [0.717, 1.165) is 32.2 Å². The highest BCUT2D eigenvalue weighted by Crippen LogP contribution is 2.30. The minimum Gasteiger partial charge on any atom is -0.357 e. The van der Waals surface area contributed by atoms with Crippen LogP contribution in [0.2, 0.25) is 0 Å². The number of hydrogen-bond donors (Lipinski definition) is 1. The molecule has 8 heteroatoms. The van der Waals surface area contributed by atoms with Crippen molar-refractivity contribution in [3.63, 3.8) is 0 Å². The van der Waals surface area contributed by atoms with Crippen LogP contribution >= 0.6 is 0 Å². The first kappa shape index (κ1) is 13.0. The largest absolute Gasteiger partial charge is 0.357 e. The average molecular weight is 278 g/mol. The molecule has 1 N–H and O–H groups in total. The quantitative estimate of drug-likeness (QED) is 0.641. The van der Waals surface area contributed by atoms with Crippen LogP contribution in [0.5, 0.6) is 0 Å². The van der Waals surface area contributed by atoms with E-state index in [1.54, 1.807) is 7.05 Å². The Kier molecular flexibility index (Phi) is 3.39. The predicted octanol–water partition coefficient (Wildman–Crippen LogP) is 0.711. The molecular weight excluding hydrogens is 260 g/mol. The molecule has 0 atom stereocenters. The lowest BCUT2D eigenvalue weighted by molar-refractivity contribution is -0.384. The maximum absolute atomic E-state index is 11.1. The summed E-state index contributed by atoms with van der Waals surface area (Å²) in [6.45, 7) is 3.44. The molecule has 3 rings (SSSR count). The van der Waals surface area contributed by atoms with Crippen LogP contribution in [-0.2, 0) is 0 Å². The van der Waals surface area contributed by atoms with Gasteiger partial charge in [0.1, 0.15) is 6.20 Å². The van der Waals surface area contributed by atoms with Crippen LogP contribution < -0.4 is 10.2 Å². The van der Waals surface area contributed by atoms with E-state index in [1.165, 1.54) is 19.0 Å². The van der Waals surface area contributed by atoms with E-state index < -0.39 is 4.92 Å². The van der Waals surface area contributed by atoms with Crippen LogP contribution in [0.15, 0.2) is 6.20 Å². The summed E-state index contributed by atoms with van der Waals surface area (Å²) < 4.78 is 0. The smallest absolute Gasteiger partial charge is 0.329 e. The molecule has 0 unspecified atom stereocenters. The van der Waals surface area contributed by atoms with Crippen LogP contribution in [0.4, 0.5) is 17.5 Å². The summed E-state index contributed by atoms with van der Waals surface area (Å²) in [5.74, 6) is 0.833. The van der Waals surface area contributed by atoms with Gasteiger partial charge in [-0.15, -0.1) is 0 Å². The van der Waals surface area contributed by atoms with E-state index in [9.17, 15) is 10.1 Å². The van der Waals surface area contributed by atoms with Gasteiger partial charge in [0.2, 0.25) is 11.8 Å². The lowest BCUT2D eigenvalue weighted by Gasteiger charge is -2.35. The molecule has 0 spiro atoms. The van der Waals surface area contributed by atoms with Gasteiger partial charge < -0.3 is 10.2 Å². The Balaban J connectivity index is 1.79. The molecule has 0 bridgehead atoms. The summed E-state index contributed by atoms with van der Waals surface area (Å²) in [5.41, 5.74) is -0.0242. The van der Waals surface area contributed by atoms with Crippen molar-refractivity contribution in [3.05, 3.63) is 16.3 Å². The molecule has 1 aliphatic heterocycles. The second-order valence-electron chi connectivity index (χ2n) is 5.16. The van der Waals surface area contributed by atoms with Crippen LogP contribution in [0.3, 0.4) is 0 Å². The maximum atomic E-state index is 11.1. The van der Waals surface area contributed by atoms with Crippen molar-refractivity contribution in [1.82, 2.24) is 14.9 Å². The van der Waals surface area contributed by atoms with E-state index in [0.29, 0.717) is 11.8 Å². The van der Waals surface area contributed by atoms with E-state index in [1.807, 2.05) is 4.90 Å². The summed E-state index contributed by atoms with van der Waals surface area (Å²) in [7, 11) is 1.70. The second kappa shape index (κ2) is 5.20. The van der Waals surface area contributed by atoms with Crippen molar-refractivity contribution in [2.24, 2.45) is 0 Å². The van der Waals surface area contributed by atoms with Gasteiger partial charge in [0.05, 0.1) is 4.92 Å². The SMILES string of the molecule is CNc1ncc([N+](=O)[O-])c(N2CCN(C3CC3)CC2)n1. The van der Waals surface area contributed by atoms with Crippen molar-refractivity contribution in [2.75, 3.05) is 43.4 Å². The number of anilines is 2. The number of nitrogens with zero attached hydrogens (tertiary/aromatic N) is 5. The fourth-order valence-electron chi connectivity index (χ4n) is 2.59. The van der Waals surface area contributed by atoms with Gasteiger partial charge in [0.25, 0.3) is 0 Å². The Morgan fingerprint density at radius 1 is 1.35 bits per heavy atom. The fraction of sp³-hybridized carbons (Fsp3) is 0.667. The van der Waals surface area contributed by atoms with Gasteiger partial charge in [0, 0.05) is 39.3 Å². The molecule has 0 aromatic carbocycles. The third-order valence-corrected chi connectivity index (χ3v) is 3.85. The molecular formula is C12H18N6O2. The predicted molar refractivity (Wildman–Crippen MR) is 75.0 cm³/mol. The zero-order valence-corrected chi connectivity index (χ0v) is 11.4. The topological polar surface area (TPSA) is 87.4 Å². The van der Waals surface area contributed by atoms with E-state index >= 15 is 0 Å². The molecule has 1 saturated carbocycles. The highest BCUT2D eigenvalue weighted by atomic mass is 16.6. The summed E-state index contributed by atoms with van der Waals surface area (Å²) in [5, 5.41) is 13.9. The maximum Gasteiger partial charge on any atom is 0.329 e. The van der Waals surface area contributed by atoms with Crippen molar-refractivity contribution in [2.45, 2.75) is 18.9 Å². The van der Waals surface area contributed by atoms with Crippen LogP contribution in [0.25, 0.3) is 0 Å². The van der Waals surface area contributed by atoms with Crippen LogP contribution in [0.1, 0.15) is 12.8 Å². The van der Waals surface area contributed by atoms with Crippen LogP contribution in [0, 0.1) is 10.1 Å². The molecule has 0 amide bonds. The van der Waals surface area contributed by atoms with Gasteiger partial charge in [-0.2, -0.15) is 4.98 Å². The van der Waals surface area contributed by atoms with E-state index in [4.69, 9.17) is 0 Å². The highest BCUT2D eigenvalue weighted by molar-refractivity contribution is 5.59. The molecule has 2 aliphatic rings. The number of aromatic nitrogens is 2. The molecule has 2 fully saturated rings. The fourth-order valence-corrected chi connectivity index (χ4v) is 2.59. The minimum absolute atomic E-state index is 0.0242. The zero-order chi connectivity index (χ0) is 14.1. The van der Waals surface area contributed by atoms with Crippen molar-refractivity contribution in [1.29, 1.82) is 0 Å². The number of nitro groups is 1. The minimum atomic E-state index is -0.415. The van der Waals surface area contributed by atoms with E-state index in [2.05, 4.69) is 20.2 Å². The van der Waals surface area contributed by atoms with Gasteiger partial charge >= 0.3 is 5.69 Å². The van der Waals surface area contributed by atoms with Crippen molar-refractivity contribution >= 4 is 17.5 Å². The monoisotopic (exact) mass is 278 g/mol. The molecule has 1 aromatic rings. The molecule has 20 heavy (non-hydrogen) atoms. The van der Waals surface area contributed by atoms with Crippen molar-refractivity contribution < 1.29 is 4.92 Å². The Morgan fingerprint density at radius 2 is 2.05 bits per heavy atom. The molecule has 1 aromatic heterocycles. The first-order chi connectivity index (χ1) is 9.69. The molecule has 1 aliphatic carbocycles. The third kappa shape index (κ3) is 2.51. The summed E-state index contributed by atoms with van der Waals surface area (Å²) in [6, 6.07) is 0.741. The summed E-state index contributed by atoms with van der Waals surface area (Å²) in [6.07, 6.45) is 3.86. The molecule has 0 radical (unpaired) electrons. The Labute approximate surface area is 117 Å². The molecule has 1 saturated heterocycles. The third-order valence-electron chi connectivity index (χ3n) is 3.85. The van der Waals surface area contributed by atoms with Crippen molar-refractivity contribution in [3.8, 4) is 0 Å². The first-order valence-corrected chi connectivity index (χ1v) is 6.87. The van der Waals surface area contributed by atoms with Crippen LogP contribution in [-0.4, -0.2) is 59.1 Å². The lowest BCUT2D eigenvalue weighted by Crippen LogP contribution is -2.47. The van der Waals surface area contributed by atoms with Gasteiger partial charge in [0.15, 0.2) is 0 Å². The standard InChI is InChI=1S/C12H18N6O2/c1-13-12-14-8-10(18(19)20)11(15-12)17-6-4-16(5-7-17)9-2-3-9/h8-9H,2-7H2,1H3,(H,13,14,15). The Bertz CT molecular complexity index is 511. The molecule has 108 valence electrons. The lowest BCUT2D eigenvalue weighted by atomic mass is 10.3.